The van der Waals surface area contributed by atoms with E-state index in [1.54, 1.807) is 54.6 Å². The Labute approximate surface area is 185 Å². The summed E-state index contributed by atoms with van der Waals surface area (Å²) in [6.45, 7) is 2.57. The SMILES string of the molecule is CCCOc1ccc(/C(O)=C2/C(=O)C(=O)N(c3ccccc3)C2c2ccc(F)cc2)cc1. The number of carbonyl (C=O) groups is 2. The molecule has 1 aliphatic heterocycles. The number of aliphatic hydroxyl groups is 1. The van der Waals surface area contributed by atoms with Crippen LogP contribution in [0.1, 0.15) is 30.5 Å². The quantitative estimate of drug-likeness (QED) is 0.329. The van der Waals surface area contributed by atoms with Gasteiger partial charge in [0.05, 0.1) is 18.2 Å². The number of amides is 1. The van der Waals surface area contributed by atoms with Crippen molar-refractivity contribution in [2.45, 2.75) is 19.4 Å². The standard InChI is InChI=1S/C26H22FNO4/c1-2-16-32-21-14-10-18(11-15-21)24(29)22-23(17-8-12-19(27)13-9-17)28(26(31)25(22)30)20-6-4-3-5-7-20/h3-15,23,29H,2,16H2,1H3/b24-22-. The Morgan fingerprint density at radius 1 is 0.969 bits per heavy atom. The fourth-order valence-electron chi connectivity index (χ4n) is 3.73. The highest BCUT2D eigenvalue weighted by atomic mass is 19.1. The molecule has 1 unspecified atom stereocenters. The minimum atomic E-state index is -0.894. The molecule has 6 heteroatoms. The summed E-state index contributed by atoms with van der Waals surface area (Å²) < 4.78 is 19.1. The summed E-state index contributed by atoms with van der Waals surface area (Å²) >= 11 is 0. The Morgan fingerprint density at radius 2 is 1.62 bits per heavy atom. The van der Waals surface area contributed by atoms with Gasteiger partial charge in [-0.3, -0.25) is 14.5 Å². The normalized spacial score (nSPS) is 17.6. The summed E-state index contributed by atoms with van der Waals surface area (Å²) in [5.74, 6) is -1.64. The first-order valence-electron chi connectivity index (χ1n) is 10.4. The molecule has 1 N–H and O–H groups in total. The largest absolute Gasteiger partial charge is 0.507 e. The average Bonchev–Trinajstić information content (AvgIpc) is 3.09. The lowest BCUT2D eigenvalue weighted by molar-refractivity contribution is -0.132. The van der Waals surface area contributed by atoms with Crippen molar-refractivity contribution in [2.24, 2.45) is 0 Å². The molecule has 4 rings (SSSR count). The molecule has 1 amide bonds. The number of Topliss-reactive ketones (excluding diaryl/α,β-unsaturated/α-hetero) is 1. The lowest BCUT2D eigenvalue weighted by Crippen LogP contribution is -2.29. The van der Waals surface area contributed by atoms with Gasteiger partial charge in [-0.1, -0.05) is 37.3 Å². The van der Waals surface area contributed by atoms with E-state index in [9.17, 15) is 19.1 Å². The number of benzene rings is 3. The fourth-order valence-corrected chi connectivity index (χ4v) is 3.73. The summed E-state index contributed by atoms with van der Waals surface area (Å²) in [6, 6.07) is 20.1. The minimum absolute atomic E-state index is 0.0484. The second-order valence-corrected chi connectivity index (χ2v) is 7.43. The van der Waals surface area contributed by atoms with E-state index in [1.165, 1.54) is 29.2 Å². The lowest BCUT2D eigenvalue weighted by Gasteiger charge is -2.25. The first kappa shape index (κ1) is 21.3. The molecule has 0 bridgehead atoms. The van der Waals surface area contributed by atoms with Crippen LogP contribution in [0.2, 0.25) is 0 Å². The first-order valence-corrected chi connectivity index (χ1v) is 10.4. The second kappa shape index (κ2) is 9.06. The molecular formula is C26H22FNO4. The smallest absolute Gasteiger partial charge is 0.300 e. The first-order chi connectivity index (χ1) is 15.5. The highest BCUT2D eigenvalue weighted by Gasteiger charge is 2.46. The summed E-state index contributed by atoms with van der Waals surface area (Å²) in [6.07, 6.45) is 0.863. The van der Waals surface area contributed by atoms with Crippen molar-refractivity contribution < 1.29 is 23.8 Å². The molecule has 0 aliphatic carbocycles. The molecule has 1 heterocycles. The Balaban J connectivity index is 1.83. The van der Waals surface area contributed by atoms with Crippen LogP contribution >= 0.6 is 0 Å². The number of halogens is 1. The highest BCUT2D eigenvalue weighted by molar-refractivity contribution is 6.51. The predicted molar refractivity (Wildman–Crippen MR) is 120 cm³/mol. The number of hydrogen-bond acceptors (Lipinski definition) is 4. The summed E-state index contributed by atoms with van der Waals surface area (Å²) in [7, 11) is 0. The molecule has 1 atom stereocenters. The van der Waals surface area contributed by atoms with Gasteiger partial charge in [-0.25, -0.2) is 4.39 Å². The van der Waals surface area contributed by atoms with Gasteiger partial charge in [-0.05, 0) is 60.5 Å². The van der Waals surface area contributed by atoms with Gasteiger partial charge in [-0.15, -0.1) is 0 Å². The Morgan fingerprint density at radius 3 is 2.25 bits per heavy atom. The third-order valence-electron chi connectivity index (χ3n) is 5.27. The van der Waals surface area contributed by atoms with Crippen LogP contribution in [0.15, 0.2) is 84.4 Å². The fraction of sp³-hybridized carbons (Fsp3) is 0.154. The van der Waals surface area contributed by atoms with Crippen LogP contribution in [0, 0.1) is 5.82 Å². The molecule has 0 radical (unpaired) electrons. The van der Waals surface area contributed by atoms with Gasteiger partial charge in [-0.2, -0.15) is 0 Å². The number of ketones is 1. The number of carbonyl (C=O) groups excluding carboxylic acids is 2. The number of hydrogen-bond donors (Lipinski definition) is 1. The number of ether oxygens (including phenoxy) is 1. The van der Waals surface area contributed by atoms with Crippen LogP contribution in [-0.2, 0) is 9.59 Å². The number of para-hydroxylation sites is 1. The van der Waals surface area contributed by atoms with E-state index in [0.29, 0.717) is 29.2 Å². The molecule has 0 saturated carbocycles. The molecular weight excluding hydrogens is 409 g/mol. The summed E-state index contributed by atoms with van der Waals surface area (Å²) in [5.41, 5.74) is 1.35. The lowest BCUT2D eigenvalue weighted by atomic mass is 9.95. The maximum atomic E-state index is 13.6. The van der Waals surface area contributed by atoms with E-state index < -0.39 is 23.5 Å². The molecule has 0 aromatic heterocycles. The number of aliphatic hydroxyl groups excluding tert-OH is 1. The number of rotatable bonds is 6. The van der Waals surface area contributed by atoms with E-state index in [0.717, 1.165) is 6.42 Å². The van der Waals surface area contributed by atoms with Gasteiger partial charge in [0.1, 0.15) is 17.3 Å². The Bertz CT molecular complexity index is 1150. The van der Waals surface area contributed by atoms with Crippen LogP contribution in [0.5, 0.6) is 5.75 Å². The zero-order valence-electron chi connectivity index (χ0n) is 17.5. The molecule has 1 fully saturated rings. The van der Waals surface area contributed by atoms with Crippen LogP contribution in [-0.4, -0.2) is 23.4 Å². The monoisotopic (exact) mass is 431 g/mol. The molecule has 1 aliphatic rings. The molecule has 1 saturated heterocycles. The highest BCUT2D eigenvalue weighted by Crippen LogP contribution is 2.42. The van der Waals surface area contributed by atoms with Gasteiger partial charge in [0.25, 0.3) is 11.7 Å². The van der Waals surface area contributed by atoms with E-state index in [1.807, 2.05) is 6.92 Å². The van der Waals surface area contributed by atoms with Crippen LogP contribution in [0.3, 0.4) is 0 Å². The van der Waals surface area contributed by atoms with Crippen molar-refractivity contribution in [3.05, 3.63) is 101 Å². The molecule has 3 aromatic rings. The van der Waals surface area contributed by atoms with Gasteiger partial charge in [0.15, 0.2) is 0 Å². The van der Waals surface area contributed by atoms with Gasteiger partial charge >= 0.3 is 0 Å². The van der Waals surface area contributed by atoms with Gasteiger partial charge in [0, 0.05) is 11.3 Å². The van der Waals surface area contributed by atoms with Gasteiger partial charge in [0.2, 0.25) is 0 Å². The molecule has 0 spiro atoms. The average molecular weight is 431 g/mol. The zero-order valence-corrected chi connectivity index (χ0v) is 17.5. The third-order valence-corrected chi connectivity index (χ3v) is 5.27. The van der Waals surface area contributed by atoms with Crippen LogP contribution < -0.4 is 9.64 Å². The van der Waals surface area contributed by atoms with E-state index in [-0.39, 0.29) is 11.3 Å². The number of anilines is 1. The van der Waals surface area contributed by atoms with E-state index in [4.69, 9.17) is 4.74 Å². The molecule has 162 valence electrons. The maximum Gasteiger partial charge on any atom is 0.300 e. The van der Waals surface area contributed by atoms with Crippen molar-refractivity contribution >= 4 is 23.1 Å². The third kappa shape index (κ3) is 3.99. The predicted octanol–water partition coefficient (Wildman–Crippen LogP) is 5.24. The van der Waals surface area contributed by atoms with Crippen molar-refractivity contribution in [3.63, 3.8) is 0 Å². The molecule has 3 aromatic carbocycles. The Hall–Kier alpha value is -3.93. The summed E-state index contributed by atoms with van der Waals surface area (Å²) in [4.78, 5) is 27.4. The van der Waals surface area contributed by atoms with Crippen LogP contribution in [0.4, 0.5) is 10.1 Å². The molecule has 5 nitrogen and oxygen atoms in total. The topological polar surface area (TPSA) is 66.8 Å². The Kier molecular flexibility index (Phi) is 6.03. The van der Waals surface area contributed by atoms with Crippen molar-refractivity contribution in [1.82, 2.24) is 0 Å². The van der Waals surface area contributed by atoms with Crippen molar-refractivity contribution in [2.75, 3.05) is 11.5 Å². The molecule has 32 heavy (non-hydrogen) atoms. The summed E-state index contributed by atoms with van der Waals surface area (Å²) in [5, 5.41) is 11.1. The van der Waals surface area contributed by atoms with Gasteiger partial charge < -0.3 is 9.84 Å². The minimum Gasteiger partial charge on any atom is -0.507 e. The van der Waals surface area contributed by atoms with Crippen LogP contribution in [0.25, 0.3) is 5.76 Å². The number of nitrogens with zero attached hydrogens (tertiary/aromatic N) is 1. The zero-order chi connectivity index (χ0) is 22.7. The van der Waals surface area contributed by atoms with E-state index >= 15 is 0 Å². The van der Waals surface area contributed by atoms with Crippen molar-refractivity contribution in [3.8, 4) is 5.75 Å². The van der Waals surface area contributed by atoms with E-state index in [2.05, 4.69) is 0 Å². The van der Waals surface area contributed by atoms with Crippen molar-refractivity contribution in [1.29, 1.82) is 0 Å². The maximum absolute atomic E-state index is 13.6. The second-order valence-electron chi connectivity index (χ2n) is 7.43.